The van der Waals surface area contributed by atoms with Crippen molar-refractivity contribution in [3.63, 3.8) is 0 Å². The summed E-state index contributed by atoms with van der Waals surface area (Å²) in [6.45, 7) is 0. The van der Waals surface area contributed by atoms with Gasteiger partial charge in [0.15, 0.2) is 5.82 Å². The highest BCUT2D eigenvalue weighted by Crippen LogP contribution is 2.28. The van der Waals surface area contributed by atoms with Crippen molar-refractivity contribution in [1.82, 2.24) is 10.2 Å². The molecule has 0 aliphatic rings. The predicted octanol–water partition coefficient (Wildman–Crippen LogP) is 3.60. The minimum absolute atomic E-state index is 0.166. The van der Waals surface area contributed by atoms with E-state index in [4.69, 9.17) is 5.73 Å². The lowest BCUT2D eigenvalue weighted by atomic mass is 10.1. The summed E-state index contributed by atoms with van der Waals surface area (Å²) in [6.07, 6.45) is 3.85. The van der Waals surface area contributed by atoms with E-state index in [1.165, 1.54) is 0 Å². The van der Waals surface area contributed by atoms with Gasteiger partial charge in [-0.15, -0.1) is 10.2 Å². The Morgan fingerprint density at radius 1 is 0.864 bits per heavy atom. The van der Waals surface area contributed by atoms with Crippen LogP contribution in [0.3, 0.4) is 0 Å². The van der Waals surface area contributed by atoms with Crippen molar-refractivity contribution in [1.29, 1.82) is 0 Å². The summed E-state index contributed by atoms with van der Waals surface area (Å²) in [7, 11) is 0. The smallest absolute Gasteiger partial charge is 0.153 e. The quantitative estimate of drug-likeness (QED) is 0.772. The molecule has 1 heterocycles. The molecule has 0 amide bonds. The number of nitrogen functional groups attached to an aromatic ring is 1. The second-order valence-corrected chi connectivity index (χ2v) is 4.83. The van der Waals surface area contributed by atoms with Crippen molar-refractivity contribution in [2.24, 2.45) is 0 Å². The second kappa shape index (κ2) is 6.10. The first kappa shape index (κ1) is 13.8. The topological polar surface area (TPSA) is 72.0 Å². The van der Waals surface area contributed by atoms with Crippen molar-refractivity contribution in [3.8, 4) is 17.0 Å². The van der Waals surface area contributed by atoms with Crippen LogP contribution in [0.15, 0.2) is 60.7 Å². The number of phenolic OH excluding ortho intramolecular Hbond substituents is 1. The molecule has 0 saturated heterocycles. The van der Waals surface area contributed by atoms with Crippen LogP contribution in [0.1, 0.15) is 11.1 Å². The molecule has 4 heteroatoms. The molecule has 4 nitrogen and oxygen atoms in total. The van der Waals surface area contributed by atoms with E-state index < -0.39 is 0 Å². The molecule has 3 N–H and O–H groups in total. The van der Waals surface area contributed by atoms with Crippen LogP contribution in [0.4, 0.5) is 5.82 Å². The Morgan fingerprint density at radius 2 is 1.59 bits per heavy atom. The Labute approximate surface area is 128 Å². The van der Waals surface area contributed by atoms with E-state index in [0.29, 0.717) is 17.1 Å². The van der Waals surface area contributed by atoms with Crippen LogP contribution in [0, 0.1) is 0 Å². The maximum Gasteiger partial charge on any atom is 0.153 e. The number of benzene rings is 2. The molecule has 2 aromatic carbocycles. The number of phenols is 1. The van der Waals surface area contributed by atoms with E-state index in [-0.39, 0.29) is 5.75 Å². The molecule has 0 aliphatic carbocycles. The molecule has 0 radical (unpaired) electrons. The van der Waals surface area contributed by atoms with Gasteiger partial charge in [-0.25, -0.2) is 0 Å². The van der Waals surface area contributed by atoms with Gasteiger partial charge in [0, 0.05) is 11.1 Å². The highest BCUT2D eigenvalue weighted by Gasteiger charge is 2.08. The molecule has 0 saturated carbocycles. The Balaban J connectivity index is 1.97. The lowest BCUT2D eigenvalue weighted by Gasteiger charge is -2.05. The number of anilines is 1. The van der Waals surface area contributed by atoms with Crippen LogP contribution in [0.25, 0.3) is 23.4 Å². The third-order valence-electron chi connectivity index (χ3n) is 3.29. The number of aromatic hydroxyl groups is 1. The monoisotopic (exact) mass is 289 g/mol. The number of hydrogen-bond acceptors (Lipinski definition) is 4. The summed E-state index contributed by atoms with van der Waals surface area (Å²) in [6, 6.07) is 18.8. The molecule has 0 bridgehead atoms. The first-order valence-corrected chi connectivity index (χ1v) is 6.89. The summed E-state index contributed by atoms with van der Waals surface area (Å²) in [5, 5.41) is 17.9. The molecule has 22 heavy (non-hydrogen) atoms. The zero-order chi connectivity index (χ0) is 15.4. The van der Waals surface area contributed by atoms with E-state index in [9.17, 15) is 5.11 Å². The van der Waals surface area contributed by atoms with Gasteiger partial charge in [-0.05, 0) is 23.8 Å². The summed E-state index contributed by atoms with van der Waals surface area (Å²) >= 11 is 0. The van der Waals surface area contributed by atoms with Crippen molar-refractivity contribution in [2.75, 3.05) is 5.73 Å². The van der Waals surface area contributed by atoms with Gasteiger partial charge < -0.3 is 10.8 Å². The van der Waals surface area contributed by atoms with Gasteiger partial charge in [-0.1, -0.05) is 54.6 Å². The summed E-state index contributed by atoms with van der Waals surface area (Å²) in [5.74, 6) is 0.519. The van der Waals surface area contributed by atoms with Crippen LogP contribution in [-0.4, -0.2) is 15.3 Å². The predicted molar refractivity (Wildman–Crippen MR) is 88.9 cm³/mol. The Hall–Kier alpha value is -3.14. The lowest BCUT2D eigenvalue weighted by Crippen LogP contribution is -1.98. The molecular formula is C18H15N3O. The van der Waals surface area contributed by atoms with Gasteiger partial charge in [0.05, 0.1) is 5.69 Å². The largest absolute Gasteiger partial charge is 0.507 e. The first-order valence-electron chi connectivity index (χ1n) is 6.89. The average Bonchev–Trinajstić information content (AvgIpc) is 2.56. The maximum atomic E-state index is 9.92. The molecule has 0 spiro atoms. The summed E-state index contributed by atoms with van der Waals surface area (Å²) < 4.78 is 0. The molecule has 0 unspecified atom stereocenters. The minimum atomic E-state index is 0.166. The molecule has 1 aromatic heterocycles. The van der Waals surface area contributed by atoms with Crippen molar-refractivity contribution in [2.45, 2.75) is 0 Å². The number of hydrogen-bond donors (Lipinski definition) is 2. The van der Waals surface area contributed by atoms with Crippen LogP contribution in [0.2, 0.25) is 0 Å². The zero-order valence-electron chi connectivity index (χ0n) is 11.8. The van der Waals surface area contributed by atoms with E-state index in [0.717, 1.165) is 11.1 Å². The molecule has 0 atom stereocenters. The van der Waals surface area contributed by atoms with Crippen molar-refractivity contribution >= 4 is 18.0 Å². The number of aromatic nitrogens is 2. The second-order valence-electron chi connectivity index (χ2n) is 4.83. The van der Waals surface area contributed by atoms with Gasteiger partial charge in [0.25, 0.3) is 0 Å². The fourth-order valence-corrected chi connectivity index (χ4v) is 2.12. The third kappa shape index (κ3) is 2.96. The molecular weight excluding hydrogens is 274 g/mol. The summed E-state index contributed by atoms with van der Waals surface area (Å²) in [5.41, 5.74) is 8.93. The highest BCUT2D eigenvalue weighted by atomic mass is 16.3. The van der Waals surface area contributed by atoms with E-state index in [1.54, 1.807) is 18.2 Å². The highest BCUT2D eigenvalue weighted by molar-refractivity contribution is 5.77. The third-order valence-corrected chi connectivity index (χ3v) is 3.29. The van der Waals surface area contributed by atoms with Crippen LogP contribution >= 0.6 is 0 Å². The molecule has 3 aromatic rings. The maximum absolute atomic E-state index is 9.92. The van der Waals surface area contributed by atoms with Gasteiger partial charge in [0.1, 0.15) is 5.75 Å². The fraction of sp³-hybridized carbons (Fsp3) is 0. The first-order chi connectivity index (χ1) is 10.7. The summed E-state index contributed by atoms with van der Waals surface area (Å²) in [4.78, 5) is 0. The lowest BCUT2D eigenvalue weighted by molar-refractivity contribution is 0.477. The number of rotatable bonds is 3. The van der Waals surface area contributed by atoms with Gasteiger partial charge in [-0.2, -0.15) is 0 Å². The van der Waals surface area contributed by atoms with Gasteiger partial charge in [-0.3, -0.25) is 0 Å². The van der Waals surface area contributed by atoms with E-state index >= 15 is 0 Å². The van der Waals surface area contributed by atoms with Gasteiger partial charge >= 0.3 is 0 Å². The van der Waals surface area contributed by atoms with Gasteiger partial charge in [0.2, 0.25) is 0 Å². The number of nitrogens with zero attached hydrogens (tertiary/aromatic N) is 2. The standard InChI is InChI=1S/C18H15N3O/c19-18-14(11-10-13-6-2-1-3-7-13)12-16(20-21-18)15-8-4-5-9-17(15)22/h1-12,22H,(H2,19,21)/b11-10+. The average molecular weight is 289 g/mol. The van der Waals surface area contributed by atoms with E-state index in [2.05, 4.69) is 10.2 Å². The molecule has 0 aliphatic heterocycles. The molecule has 0 fully saturated rings. The number of nitrogens with two attached hydrogens (primary N) is 1. The zero-order valence-corrected chi connectivity index (χ0v) is 11.8. The Morgan fingerprint density at radius 3 is 2.36 bits per heavy atom. The van der Waals surface area contributed by atoms with Crippen molar-refractivity contribution < 1.29 is 5.11 Å². The number of para-hydroxylation sites is 1. The Kier molecular flexibility index (Phi) is 3.83. The minimum Gasteiger partial charge on any atom is -0.507 e. The molecule has 3 rings (SSSR count). The fourth-order valence-electron chi connectivity index (χ4n) is 2.12. The van der Waals surface area contributed by atoms with Crippen LogP contribution in [-0.2, 0) is 0 Å². The SMILES string of the molecule is Nc1nnc(-c2ccccc2O)cc1/C=C/c1ccccc1. The van der Waals surface area contributed by atoms with Crippen LogP contribution < -0.4 is 5.73 Å². The van der Waals surface area contributed by atoms with Crippen LogP contribution in [0.5, 0.6) is 5.75 Å². The normalized spacial score (nSPS) is 10.9. The van der Waals surface area contributed by atoms with E-state index in [1.807, 2.05) is 54.6 Å². The Bertz CT molecular complexity index is 814. The molecule has 108 valence electrons. The van der Waals surface area contributed by atoms with Crippen molar-refractivity contribution in [3.05, 3.63) is 71.8 Å².